The molecule has 2 N–H and O–H groups in total. The molecule has 1 aliphatic rings. The van der Waals surface area contributed by atoms with Gasteiger partial charge in [0.25, 0.3) is 5.56 Å². The molecule has 3 aromatic rings. The quantitative estimate of drug-likeness (QED) is 0.660. The van der Waals surface area contributed by atoms with Crippen molar-refractivity contribution in [1.29, 1.82) is 0 Å². The molecule has 0 spiro atoms. The SMILES string of the molecule is CC(NC(=O)CCc1nc2sc3c(c2c(=O)[nH]1)CCCC3)c1ccc(F)cc1F. The van der Waals surface area contributed by atoms with Crippen molar-refractivity contribution < 1.29 is 13.6 Å². The number of fused-ring (bicyclic) bond motifs is 3. The highest BCUT2D eigenvalue weighted by Crippen LogP contribution is 2.33. The average molecular weight is 417 g/mol. The van der Waals surface area contributed by atoms with E-state index < -0.39 is 17.7 Å². The van der Waals surface area contributed by atoms with E-state index in [4.69, 9.17) is 0 Å². The number of benzene rings is 1. The largest absolute Gasteiger partial charge is 0.349 e. The first-order valence-electron chi connectivity index (χ1n) is 9.70. The topological polar surface area (TPSA) is 74.8 Å². The summed E-state index contributed by atoms with van der Waals surface area (Å²) >= 11 is 1.57. The number of nitrogens with zero attached hydrogens (tertiary/aromatic N) is 1. The molecule has 2 heterocycles. The van der Waals surface area contributed by atoms with Gasteiger partial charge in [0, 0.05) is 29.3 Å². The van der Waals surface area contributed by atoms with Crippen LogP contribution < -0.4 is 10.9 Å². The Balaban J connectivity index is 1.44. The van der Waals surface area contributed by atoms with Crippen molar-refractivity contribution in [3.63, 3.8) is 0 Å². The van der Waals surface area contributed by atoms with Crippen LogP contribution in [0, 0.1) is 11.6 Å². The number of thiophene rings is 1. The van der Waals surface area contributed by atoms with Crippen LogP contribution >= 0.6 is 11.3 Å². The zero-order valence-corrected chi connectivity index (χ0v) is 16.8. The van der Waals surface area contributed by atoms with Crippen LogP contribution in [0.1, 0.15) is 54.1 Å². The maximum Gasteiger partial charge on any atom is 0.259 e. The molecule has 0 bridgehead atoms. The summed E-state index contributed by atoms with van der Waals surface area (Å²) in [5, 5.41) is 3.39. The molecule has 5 nitrogen and oxygen atoms in total. The zero-order valence-electron chi connectivity index (χ0n) is 16.0. The highest BCUT2D eigenvalue weighted by atomic mass is 32.1. The molecule has 1 atom stereocenters. The molecule has 0 saturated carbocycles. The molecule has 0 saturated heterocycles. The van der Waals surface area contributed by atoms with Crippen molar-refractivity contribution in [3.8, 4) is 0 Å². The summed E-state index contributed by atoms with van der Waals surface area (Å²) in [6.07, 6.45) is 4.51. The Bertz CT molecular complexity index is 1140. The van der Waals surface area contributed by atoms with Crippen molar-refractivity contribution in [2.45, 2.75) is 51.5 Å². The molecule has 2 aromatic heterocycles. The van der Waals surface area contributed by atoms with Gasteiger partial charge in [0.15, 0.2) is 0 Å². The second-order valence-electron chi connectivity index (χ2n) is 7.36. The molecule has 1 aromatic carbocycles. The summed E-state index contributed by atoms with van der Waals surface area (Å²) in [4.78, 5) is 34.1. The van der Waals surface area contributed by atoms with E-state index in [0.717, 1.165) is 48.2 Å². The molecule has 0 aliphatic heterocycles. The lowest BCUT2D eigenvalue weighted by atomic mass is 9.97. The first kappa shape index (κ1) is 19.7. The second kappa shape index (κ2) is 8.02. The van der Waals surface area contributed by atoms with Gasteiger partial charge in [-0.15, -0.1) is 11.3 Å². The summed E-state index contributed by atoms with van der Waals surface area (Å²) in [7, 11) is 0. The minimum atomic E-state index is -0.698. The predicted octanol–water partition coefficient (Wildman–Crippen LogP) is 3.95. The Kier molecular flexibility index (Phi) is 5.45. The third-order valence-electron chi connectivity index (χ3n) is 5.27. The Morgan fingerprint density at radius 2 is 2.10 bits per heavy atom. The summed E-state index contributed by atoms with van der Waals surface area (Å²) in [6.45, 7) is 1.64. The first-order chi connectivity index (χ1) is 13.9. The number of halogens is 2. The number of rotatable bonds is 5. The van der Waals surface area contributed by atoms with Crippen LogP contribution in [-0.2, 0) is 24.1 Å². The molecule has 152 valence electrons. The average Bonchev–Trinajstić information content (AvgIpc) is 3.05. The molecule has 4 rings (SSSR count). The minimum Gasteiger partial charge on any atom is -0.349 e. The van der Waals surface area contributed by atoms with Gasteiger partial charge < -0.3 is 10.3 Å². The summed E-state index contributed by atoms with van der Waals surface area (Å²) in [5.74, 6) is -1.19. The van der Waals surface area contributed by atoms with E-state index in [2.05, 4.69) is 15.3 Å². The van der Waals surface area contributed by atoms with Crippen LogP contribution in [0.4, 0.5) is 8.78 Å². The van der Waals surface area contributed by atoms with E-state index in [1.807, 2.05) is 0 Å². The Morgan fingerprint density at radius 1 is 1.31 bits per heavy atom. The lowest BCUT2D eigenvalue weighted by molar-refractivity contribution is -0.121. The number of H-pyrrole nitrogens is 1. The Morgan fingerprint density at radius 3 is 2.90 bits per heavy atom. The summed E-state index contributed by atoms with van der Waals surface area (Å²) < 4.78 is 26.9. The van der Waals surface area contributed by atoms with Gasteiger partial charge in [-0.2, -0.15) is 0 Å². The third-order valence-corrected chi connectivity index (χ3v) is 6.46. The van der Waals surface area contributed by atoms with Gasteiger partial charge in [-0.25, -0.2) is 13.8 Å². The van der Waals surface area contributed by atoms with E-state index in [0.29, 0.717) is 11.2 Å². The standard InChI is InChI=1S/C21H21F2N3O2S/c1-11(13-7-6-12(22)10-15(13)23)24-18(27)9-8-17-25-20(28)19-14-4-2-3-5-16(14)29-21(19)26-17/h6-7,10-11H,2-5,8-9H2,1H3,(H,24,27)(H,25,26,28). The van der Waals surface area contributed by atoms with Crippen LogP contribution in [0.25, 0.3) is 10.2 Å². The van der Waals surface area contributed by atoms with Crippen molar-refractivity contribution >= 4 is 27.5 Å². The van der Waals surface area contributed by atoms with Crippen molar-refractivity contribution in [2.24, 2.45) is 0 Å². The van der Waals surface area contributed by atoms with Gasteiger partial charge in [-0.3, -0.25) is 9.59 Å². The number of amides is 1. The lowest BCUT2D eigenvalue weighted by Crippen LogP contribution is -2.27. The monoisotopic (exact) mass is 417 g/mol. The molecule has 29 heavy (non-hydrogen) atoms. The van der Waals surface area contributed by atoms with Crippen molar-refractivity contribution in [3.05, 3.63) is 62.0 Å². The number of aryl methyl sites for hydroxylation is 3. The Hall–Kier alpha value is -2.61. The number of aromatic amines is 1. The smallest absolute Gasteiger partial charge is 0.259 e. The third kappa shape index (κ3) is 4.07. The van der Waals surface area contributed by atoms with Crippen molar-refractivity contribution in [2.75, 3.05) is 0 Å². The number of aromatic nitrogens is 2. The van der Waals surface area contributed by atoms with Crippen LogP contribution in [0.15, 0.2) is 23.0 Å². The molecule has 1 aliphatic carbocycles. The van der Waals surface area contributed by atoms with Gasteiger partial charge in [0.1, 0.15) is 22.3 Å². The van der Waals surface area contributed by atoms with Crippen LogP contribution in [0.5, 0.6) is 0 Å². The summed E-state index contributed by atoms with van der Waals surface area (Å²) in [5.41, 5.74) is 1.20. The van der Waals surface area contributed by atoms with Gasteiger partial charge in [0.05, 0.1) is 11.4 Å². The van der Waals surface area contributed by atoms with Gasteiger partial charge in [-0.05, 0) is 44.2 Å². The maximum atomic E-state index is 13.9. The highest BCUT2D eigenvalue weighted by molar-refractivity contribution is 7.18. The van der Waals surface area contributed by atoms with E-state index in [1.165, 1.54) is 10.9 Å². The van der Waals surface area contributed by atoms with Gasteiger partial charge >= 0.3 is 0 Å². The van der Waals surface area contributed by atoms with E-state index in [1.54, 1.807) is 18.3 Å². The molecule has 0 fully saturated rings. The minimum absolute atomic E-state index is 0.104. The fraction of sp³-hybridized carbons (Fsp3) is 0.381. The maximum absolute atomic E-state index is 13.9. The molecule has 1 unspecified atom stereocenters. The van der Waals surface area contributed by atoms with Gasteiger partial charge in [0.2, 0.25) is 5.91 Å². The fourth-order valence-corrected chi connectivity index (χ4v) is 5.08. The normalized spacial score (nSPS) is 14.6. The van der Waals surface area contributed by atoms with E-state index in [-0.39, 0.29) is 29.9 Å². The number of carbonyl (C=O) groups is 1. The van der Waals surface area contributed by atoms with Crippen LogP contribution in [-0.4, -0.2) is 15.9 Å². The van der Waals surface area contributed by atoms with E-state index >= 15 is 0 Å². The highest BCUT2D eigenvalue weighted by Gasteiger charge is 2.20. The number of hydrogen-bond acceptors (Lipinski definition) is 4. The molecule has 1 amide bonds. The number of nitrogens with one attached hydrogen (secondary N) is 2. The molecule has 8 heteroatoms. The summed E-state index contributed by atoms with van der Waals surface area (Å²) in [6, 6.07) is 2.68. The molecular weight excluding hydrogens is 396 g/mol. The predicted molar refractivity (Wildman–Crippen MR) is 108 cm³/mol. The van der Waals surface area contributed by atoms with E-state index in [9.17, 15) is 18.4 Å². The second-order valence-corrected chi connectivity index (χ2v) is 8.44. The van der Waals surface area contributed by atoms with Crippen LogP contribution in [0.2, 0.25) is 0 Å². The zero-order chi connectivity index (χ0) is 20.5. The van der Waals surface area contributed by atoms with Crippen LogP contribution in [0.3, 0.4) is 0 Å². The van der Waals surface area contributed by atoms with Gasteiger partial charge in [-0.1, -0.05) is 6.07 Å². The first-order valence-corrected chi connectivity index (χ1v) is 10.5. The number of hydrogen-bond donors (Lipinski definition) is 2. The fourth-order valence-electron chi connectivity index (χ4n) is 3.80. The number of carbonyl (C=O) groups excluding carboxylic acids is 1. The lowest BCUT2D eigenvalue weighted by Gasteiger charge is -2.15. The Labute approximate surface area is 170 Å². The molecule has 0 radical (unpaired) electrons. The molecular formula is C21H21F2N3O2S. The van der Waals surface area contributed by atoms with Crippen molar-refractivity contribution in [1.82, 2.24) is 15.3 Å².